The zero-order valence-corrected chi connectivity index (χ0v) is 18.9. The predicted octanol–water partition coefficient (Wildman–Crippen LogP) is 6.96. The van der Waals surface area contributed by atoms with Crippen molar-refractivity contribution >= 4 is 12.4 Å². The van der Waals surface area contributed by atoms with Crippen molar-refractivity contribution in [3.8, 4) is 22.4 Å². The normalized spacial score (nSPS) is 17.1. The maximum absolute atomic E-state index is 13.8. The van der Waals surface area contributed by atoms with Crippen molar-refractivity contribution in [3.05, 3.63) is 77.7 Å². The summed E-state index contributed by atoms with van der Waals surface area (Å²) in [5.74, 6) is -0.0167. The van der Waals surface area contributed by atoms with Crippen LogP contribution in [0, 0.1) is 5.82 Å². The Morgan fingerprint density at radius 1 is 1.00 bits per heavy atom. The lowest BCUT2D eigenvalue weighted by Gasteiger charge is -2.26. The summed E-state index contributed by atoms with van der Waals surface area (Å²) in [6.45, 7) is 5.38. The second-order valence-electron chi connectivity index (χ2n) is 8.73. The van der Waals surface area contributed by atoms with Gasteiger partial charge in [-0.05, 0) is 67.1 Å². The minimum absolute atomic E-state index is 0.169. The van der Waals surface area contributed by atoms with Gasteiger partial charge in [0.1, 0.15) is 12.1 Å². The van der Waals surface area contributed by atoms with Crippen LogP contribution in [0.25, 0.3) is 28.5 Å². The molecule has 0 spiro atoms. The molecule has 3 nitrogen and oxygen atoms in total. The van der Waals surface area contributed by atoms with Gasteiger partial charge in [-0.2, -0.15) is 0 Å². The molecule has 0 aliphatic carbocycles. The van der Waals surface area contributed by atoms with Crippen LogP contribution in [0.15, 0.2) is 60.7 Å². The molecule has 32 heavy (non-hydrogen) atoms. The van der Waals surface area contributed by atoms with Crippen molar-refractivity contribution in [2.24, 2.45) is 0 Å². The smallest absolute Gasteiger partial charge is 0.142 e. The van der Waals surface area contributed by atoms with Crippen molar-refractivity contribution in [1.29, 1.82) is 0 Å². The Balaban J connectivity index is 2.10. The van der Waals surface area contributed by atoms with E-state index in [0.717, 1.165) is 47.2 Å². The molecule has 2 aromatic carbocycles. The van der Waals surface area contributed by atoms with Gasteiger partial charge in [0.05, 0.1) is 11.9 Å². The Bertz CT molecular complexity index is 1070. The van der Waals surface area contributed by atoms with Gasteiger partial charge in [0.2, 0.25) is 0 Å². The van der Waals surface area contributed by atoms with Crippen molar-refractivity contribution in [3.63, 3.8) is 0 Å². The quantitative estimate of drug-likeness (QED) is 0.339. The molecule has 1 aliphatic heterocycles. The first-order chi connectivity index (χ1) is 15.6. The van der Waals surface area contributed by atoms with Crippen LogP contribution in [0.3, 0.4) is 0 Å². The third-order valence-corrected chi connectivity index (χ3v) is 6.20. The van der Waals surface area contributed by atoms with E-state index in [1.807, 2.05) is 24.3 Å². The van der Waals surface area contributed by atoms with Crippen LogP contribution in [-0.4, -0.2) is 17.4 Å². The number of aromatic nitrogens is 1. The molecular formula is C28H31FN2O. The molecule has 0 saturated carbocycles. The minimum atomic E-state index is -0.256. The number of carbonyl (C=O) groups is 1. The summed E-state index contributed by atoms with van der Waals surface area (Å²) < 4.78 is 16.3. The summed E-state index contributed by atoms with van der Waals surface area (Å²) in [5.41, 5.74) is 6.45. The maximum atomic E-state index is 13.8. The lowest BCUT2D eigenvalue weighted by molar-refractivity contribution is -0.104. The standard InChI is InChI=1S/C28H31FN2O/c1-20(2)27-24(12-9-19-32)26(21-14-16-23(29)17-15-21)28(22-10-5-3-6-11-22)31(27)25-13-7-4-8-18-30-25/h3,5-6,9-12,14-17,19-20,25,30H,4,7-8,13,18H2,1-2H3/b12-9+. The fourth-order valence-electron chi connectivity index (χ4n) is 4.86. The molecule has 0 radical (unpaired) electrons. The number of nitrogens with zero attached hydrogens (tertiary/aromatic N) is 1. The van der Waals surface area contributed by atoms with Crippen LogP contribution in [0.2, 0.25) is 0 Å². The molecule has 0 bridgehead atoms. The number of aldehydes is 1. The summed E-state index contributed by atoms with van der Waals surface area (Å²) in [7, 11) is 0. The summed E-state index contributed by atoms with van der Waals surface area (Å²) >= 11 is 0. The molecule has 1 aromatic heterocycles. The van der Waals surface area contributed by atoms with Crippen LogP contribution in [0.5, 0.6) is 0 Å². The van der Waals surface area contributed by atoms with Crippen molar-refractivity contribution in [2.45, 2.75) is 51.6 Å². The van der Waals surface area contributed by atoms with Crippen LogP contribution in [-0.2, 0) is 4.79 Å². The van der Waals surface area contributed by atoms with Crippen LogP contribution in [0.4, 0.5) is 4.39 Å². The van der Waals surface area contributed by atoms with E-state index in [2.05, 4.69) is 48.0 Å². The number of carbonyl (C=O) groups excluding carboxylic acids is 1. The highest BCUT2D eigenvalue weighted by Gasteiger charge is 2.29. The largest absolute Gasteiger partial charge is 0.327 e. The Hall–Kier alpha value is -2.98. The molecule has 1 saturated heterocycles. The number of nitrogens with one attached hydrogen (secondary N) is 1. The highest BCUT2D eigenvalue weighted by Crippen LogP contribution is 2.44. The fraction of sp³-hybridized carbons (Fsp3) is 0.321. The van der Waals surface area contributed by atoms with E-state index in [-0.39, 0.29) is 17.9 Å². The van der Waals surface area contributed by atoms with Crippen LogP contribution >= 0.6 is 0 Å². The summed E-state index contributed by atoms with van der Waals surface area (Å²) in [6, 6.07) is 17.1. The Kier molecular flexibility index (Phi) is 7.01. The molecule has 0 amide bonds. The third-order valence-electron chi connectivity index (χ3n) is 6.20. The topological polar surface area (TPSA) is 34.0 Å². The van der Waals surface area contributed by atoms with Crippen LogP contribution < -0.4 is 5.32 Å². The Morgan fingerprint density at radius 2 is 1.75 bits per heavy atom. The minimum Gasteiger partial charge on any atom is -0.327 e. The van der Waals surface area contributed by atoms with Gasteiger partial charge in [0, 0.05) is 16.8 Å². The zero-order valence-electron chi connectivity index (χ0n) is 18.9. The monoisotopic (exact) mass is 430 g/mol. The zero-order chi connectivity index (χ0) is 22.5. The molecule has 4 rings (SSSR count). The molecule has 4 heteroatoms. The van der Waals surface area contributed by atoms with E-state index in [1.165, 1.54) is 37.1 Å². The number of hydrogen-bond donors (Lipinski definition) is 1. The van der Waals surface area contributed by atoms with Crippen molar-refractivity contribution < 1.29 is 9.18 Å². The lowest BCUT2D eigenvalue weighted by Crippen LogP contribution is -2.28. The van der Waals surface area contributed by atoms with E-state index < -0.39 is 0 Å². The first-order valence-electron chi connectivity index (χ1n) is 11.6. The third kappa shape index (κ3) is 4.46. The average molecular weight is 431 g/mol. The molecule has 1 atom stereocenters. The van der Waals surface area contributed by atoms with Gasteiger partial charge in [0.25, 0.3) is 0 Å². The van der Waals surface area contributed by atoms with Gasteiger partial charge in [-0.3, -0.25) is 10.1 Å². The number of benzene rings is 2. The fourth-order valence-corrected chi connectivity index (χ4v) is 4.86. The predicted molar refractivity (Wildman–Crippen MR) is 130 cm³/mol. The van der Waals surface area contributed by atoms with Gasteiger partial charge < -0.3 is 4.57 Å². The number of rotatable bonds is 6. The highest BCUT2D eigenvalue weighted by molar-refractivity contribution is 5.92. The first-order valence-corrected chi connectivity index (χ1v) is 11.6. The van der Waals surface area contributed by atoms with Crippen molar-refractivity contribution in [2.75, 3.05) is 6.54 Å². The maximum Gasteiger partial charge on any atom is 0.142 e. The van der Waals surface area contributed by atoms with Gasteiger partial charge in [0.15, 0.2) is 0 Å². The number of halogens is 1. The van der Waals surface area contributed by atoms with E-state index in [4.69, 9.17) is 0 Å². The van der Waals surface area contributed by atoms with Gasteiger partial charge in [-0.25, -0.2) is 4.39 Å². The molecule has 1 aliphatic rings. The second-order valence-corrected chi connectivity index (χ2v) is 8.73. The number of allylic oxidation sites excluding steroid dienone is 1. The summed E-state index contributed by atoms with van der Waals surface area (Å²) in [5, 5.41) is 3.77. The molecule has 2 heterocycles. The molecule has 1 N–H and O–H groups in total. The summed E-state index contributed by atoms with van der Waals surface area (Å²) in [4.78, 5) is 11.3. The molecule has 1 unspecified atom stereocenters. The first kappa shape index (κ1) is 22.2. The highest BCUT2D eigenvalue weighted by atomic mass is 19.1. The van der Waals surface area contributed by atoms with E-state index in [0.29, 0.717) is 0 Å². The summed E-state index contributed by atoms with van der Waals surface area (Å²) in [6.07, 6.45) is 9.10. The van der Waals surface area contributed by atoms with Crippen LogP contribution in [0.1, 0.15) is 62.9 Å². The SMILES string of the molecule is CC(C)c1c(/C=C/C=O)c(-c2ccc(F)cc2)c(-c2ccccc2)n1C1CCCCCN1. The Morgan fingerprint density at radius 3 is 2.44 bits per heavy atom. The average Bonchev–Trinajstić information content (AvgIpc) is 2.94. The lowest BCUT2D eigenvalue weighted by atomic mass is 9.94. The van der Waals surface area contributed by atoms with Gasteiger partial charge >= 0.3 is 0 Å². The molecule has 1 fully saturated rings. The van der Waals surface area contributed by atoms with E-state index >= 15 is 0 Å². The van der Waals surface area contributed by atoms with E-state index in [1.54, 1.807) is 6.08 Å². The second kappa shape index (κ2) is 10.1. The van der Waals surface area contributed by atoms with Gasteiger partial charge in [-0.15, -0.1) is 0 Å². The van der Waals surface area contributed by atoms with Gasteiger partial charge in [-0.1, -0.05) is 62.7 Å². The Labute approximate surface area is 190 Å². The number of hydrogen-bond acceptors (Lipinski definition) is 2. The molecule has 3 aromatic rings. The molecular weight excluding hydrogens is 399 g/mol. The van der Waals surface area contributed by atoms with Crippen molar-refractivity contribution in [1.82, 2.24) is 9.88 Å². The molecule has 166 valence electrons. The van der Waals surface area contributed by atoms with E-state index in [9.17, 15) is 9.18 Å².